The molecule has 3 N–H and O–H groups in total. The summed E-state index contributed by atoms with van der Waals surface area (Å²) in [6.07, 6.45) is 84.4. The van der Waals surface area contributed by atoms with E-state index in [0.29, 0.717) is 25.7 Å². The average molecular weight is 1470 g/mol. The van der Waals surface area contributed by atoms with Gasteiger partial charge in [0.25, 0.3) is 0 Å². The molecular formula is C83H138O17P2. The number of unbranched alkanes of at least 4 members (excludes halogenated alkanes) is 23. The van der Waals surface area contributed by atoms with Crippen molar-refractivity contribution in [2.45, 2.75) is 316 Å². The Kier molecular flexibility index (Phi) is 70.5. The molecule has 0 aliphatic carbocycles. The quantitative estimate of drug-likeness (QED) is 0.0169. The third-order valence-electron chi connectivity index (χ3n) is 15.8. The van der Waals surface area contributed by atoms with Gasteiger partial charge in [0, 0.05) is 19.3 Å². The number of hydrogen-bond donors (Lipinski definition) is 3. The SMILES string of the molecule is CC/C=C\C/C=C\C/C=C\C/C=C\C/C=C\CC(=O)OC(COC(=O)CCCCCCCCC/C=C\C/C=C\C/C=C\CC)COP(=O)(O)OCC(O)COP(=O)(O)OCC(COC(=O)CCCC/C=C\C/C=C\C/C=C\C/C=C\CC)OC(=O)CCCCCCCCCCCCCCCCC. The zero-order valence-electron chi connectivity index (χ0n) is 63.5. The van der Waals surface area contributed by atoms with Crippen molar-refractivity contribution >= 4 is 39.5 Å². The highest BCUT2D eigenvalue weighted by Crippen LogP contribution is 2.45. The summed E-state index contributed by atoms with van der Waals surface area (Å²) in [5.74, 6) is -2.38. The van der Waals surface area contributed by atoms with Crippen LogP contribution in [0.3, 0.4) is 0 Å². The summed E-state index contributed by atoms with van der Waals surface area (Å²) < 4.78 is 68.4. The Morgan fingerprint density at radius 3 is 0.892 bits per heavy atom. The third kappa shape index (κ3) is 73.3. The van der Waals surface area contributed by atoms with Crippen LogP contribution in [0.5, 0.6) is 0 Å². The number of hydrogen-bond acceptors (Lipinski definition) is 15. The molecule has 19 heteroatoms. The van der Waals surface area contributed by atoms with E-state index < -0.39 is 97.5 Å². The van der Waals surface area contributed by atoms with Gasteiger partial charge in [0.05, 0.1) is 32.8 Å². The summed E-state index contributed by atoms with van der Waals surface area (Å²) in [6.45, 7) is 4.37. The number of phosphoric ester groups is 2. The van der Waals surface area contributed by atoms with Crippen molar-refractivity contribution in [3.8, 4) is 0 Å². The molecule has 5 atom stereocenters. The second-order valence-corrected chi connectivity index (χ2v) is 28.4. The molecule has 17 nitrogen and oxygen atoms in total. The summed E-state index contributed by atoms with van der Waals surface area (Å²) >= 11 is 0. The molecule has 0 spiro atoms. The van der Waals surface area contributed by atoms with Crippen molar-refractivity contribution in [1.82, 2.24) is 0 Å². The van der Waals surface area contributed by atoms with Gasteiger partial charge in [0.15, 0.2) is 12.2 Å². The van der Waals surface area contributed by atoms with Crippen molar-refractivity contribution in [2.24, 2.45) is 0 Å². The lowest BCUT2D eigenvalue weighted by Gasteiger charge is -2.21. The molecule has 0 heterocycles. The van der Waals surface area contributed by atoms with E-state index in [-0.39, 0.29) is 25.7 Å². The van der Waals surface area contributed by atoms with Crippen molar-refractivity contribution in [2.75, 3.05) is 39.6 Å². The molecule has 582 valence electrons. The first-order valence-corrected chi connectivity index (χ1v) is 42.1. The fourth-order valence-electron chi connectivity index (χ4n) is 10.0. The fraction of sp³-hybridized carbons (Fsp3) is 0.663. The van der Waals surface area contributed by atoms with E-state index in [1.807, 2.05) is 12.2 Å². The monoisotopic (exact) mass is 1470 g/mol. The zero-order valence-corrected chi connectivity index (χ0v) is 65.3. The van der Waals surface area contributed by atoms with Crippen molar-refractivity contribution in [3.05, 3.63) is 146 Å². The molecule has 0 saturated heterocycles. The minimum absolute atomic E-state index is 0.0830. The molecule has 0 fully saturated rings. The second kappa shape index (κ2) is 74.2. The van der Waals surface area contributed by atoms with Crippen LogP contribution in [-0.4, -0.2) is 96.7 Å². The number of aliphatic hydroxyl groups is 1. The molecule has 0 rings (SSSR count). The van der Waals surface area contributed by atoms with Crippen LogP contribution in [0.25, 0.3) is 0 Å². The minimum atomic E-state index is -5.01. The van der Waals surface area contributed by atoms with Gasteiger partial charge in [0.2, 0.25) is 0 Å². The first kappa shape index (κ1) is 96.9. The van der Waals surface area contributed by atoms with E-state index in [1.165, 1.54) is 64.2 Å². The molecule has 0 bridgehead atoms. The van der Waals surface area contributed by atoms with Crippen LogP contribution < -0.4 is 0 Å². The van der Waals surface area contributed by atoms with Crippen LogP contribution >= 0.6 is 15.6 Å². The number of aliphatic hydroxyl groups excluding tert-OH is 1. The number of rotatable bonds is 72. The minimum Gasteiger partial charge on any atom is -0.462 e. The molecule has 0 amide bonds. The summed E-state index contributed by atoms with van der Waals surface area (Å²) in [6, 6.07) is 0. The number of ether oxygens (including phenoxy) is 4. The molecule has 0 aromatic rings. The highest BCUT2D eigenvalue weighted by atomic mass is 31.2. The summed E-state index contributed by atoms with van der Waals surface area (Å²) in [5.41, 5.74) is 0. The van der Waals surface area contributed by atoms with Crippen LogP contribution in [-0.2, 0) is 65.4 Å². The summed E-state index contributed by atoms with van der Waals surface area (Å²) in [7, 11) is -10.0. The molecule has 0 radical (unpaired) electrons. The number of allylic oxidation sites excluding steroid dienone is 23. The first-order chi connectivity index (χ1) is 49.7. The number of carbonyl (C=O) groups is 4. The Labute approximate surface area is 617 Å². The lowest BCUT2D eigenvalue weighted by atomic mass is 10.0. The van der Waals surface area contributed by atoms with Gasteiger partial charge in [0.1, 0.15) is 19.3 Å². The Balaban J connectivity index is 5.46. The standard InChI is InChI=1S/C83H138O17P2/c1-5-9-13-17-21-25-29-33-37-38-42-44-48-52-56-60-64-68-81(86)94-74-79(100-83(88)70-66-62-58-54-50-46-41-36-32-28-24-20-16-12-8-4)76-98-102(91,92)96-72-77(84)71-95-101(89,90)97-75-78(99-82(87)69-65-61-57-53-49-45-40-35-31-27-23-19-15-11-7-3)73-93-80(85)67-63-59-55-51-47-43-39-34-30-26-22-18-14-10-6-2/h9-10,12-14,16,21-22,24-26,28,33-34,36-37,39,41,47,50-51,54,62,66,77-79,84H,5-8,11,15,17-20,23,27,29-32,35,38,40,42-46,48-49,52-53,55-61,63-65,67-76H2,1-4H3,(H,89,90)(H,91,92)/b13-9-,14-10-,16-12-,25-21-,26-22-,28-24-,37-33-,39-34-,41-36-,51-47-,54-50-,66-62-. The molecule has 0 aliphatic heterocycles. The lowest BCUT2D eigenvalue weighted by Crippen LogP contribution is -2.30. The van der Waals surface area contributed by atoms with Gasteiger partial charge in [-0.1, -0.05) is 296 Å². The normalized spacial score (nSPS) is 14.7. The topological polar surface area (TPSA) is 237 Å². The molecule has 0 saturated carbocycles. The Hall–Kier alpha value is -5.06. The second-order valence-electron chi connectivity index (χ2n) is 25.5. The summed E-state index contributed by atoms with van der Waals surface area (Å²) in [5, 5.41) is 10.6. The van der Waals surface area contributed by atoms with Gasteiger partial charge in [-0.2, -0.15) is 0 Å². The van der Waals surface area contributed by atoms with Crippen LogP contribution in [0.1, 0.15) is 297 Å². The predicted octanol–water partition coefficient (Wildman–Crippen LogP) is 22.7. The Morgan fingerprint density at radius 2 is 0.549 bits per heavy atom. The molecular weight excluding hydrogens is 1330 g/mol. The maximum atomic E-state index is 13.1. The van der Waals surface area contributed by atoms with Crippen LogP contribution in [0.2, 0.25) is 0 Å². The average Bonchev–Trinajstić information content (AvgIpc) is 0.919. The maximum absolute atomic E-state index is 13.1. The van der Waals surface area contributed by atoms with E-state index in [9.17, 15) is 43.2 Å². The number of esters is 4. The van der Waals surface area contributed by atoms with Crippen molar-refractivity contribution in [3.63, 3.8) is 0 Å². The van der Waals surface area contributed by atoms with Gasteiger partial charge in [-0.25, -0.2) is 9.13 Å². The van der Waals surface area contributed by atoms with Gasteiger partial charge >= 0.3 is 39.5 Å². The Morgan fingerprint density at radius 1 is 0.294 bits per heavy atom. The smallest absolute Gasteiger partial charge is 0.462 e. The molecule has 102 heavy (non-hydrogen) atoms. The maximum Gasteiger partial charge on any atom is 0.472 e. The lowest BCUT2D eigenvalue weighted by molar-refractivity contribution is -0.161. The molecule has 0 aromatic heterocycles. The van der Waals surface area contributed by atoms with E-state index in [0.717, 1.165) is 154 Å². The van der Waals surface area contributed by atoms with Crippen LogP contribution in [0.4, 0.5) is 0 Å². The third-order valence-corrected chi connectivity index (χ3v) is 17.7. The highest BCUT2D eigenvalue weighted by molar-refractivity contribution is 7.47. The van der Waals surface area contributed by atoms with Gasteiger partial charge < -0.3 is 33.8 Å². The van der Waals surface area contributed by atoms with E-state index >= 15 is 0 Å². The van der Waals surface area contributed by atoms with Crippen LogP contribution in [0.15, 0.2) is 146 Å². The van der Waals surface area contributed by atoms with Gasteiger partial charge in [-0.3, -0.25) is 37.3 Å². The van der Waals surface area contributed by atoms with Gasteiger partial charge in [-0.15, -0.1) is 0 Å². The molecule has 0 aromatic carbocycles. The largest absolute Gasteiger partial charge is 0.472 e. The highest BCUT2D eigenvalue weighted by Gasteiger charge is 2.30. The van der Waals surface area contributed by atoms with E-state index in [2.05, 4.69) is 149 Å². The zero-order chi connectivity index (χ0) is 74.6. The molecule has 0 aliphatic rings. The predicted molar refractivity (Wildman–Crippen MR) is 417 cm³/mol. The van der Waals surface area contributed by atoms with Crippen LogP contribution in [0, 0.1) is 0 Å². The molecule has 5 unspecified atom stereocenters. The van der Waals surface area contributed by atoms with Gasteiger partial charge in [-0.05, 0) is 122 Å². The first-order valence-electron chi connectivity index (χ1n) is 39.1. The van der Waals surface area contributed by atoms with Crippen molar-refractivity contribution < 1.29 is 80.2 Å². The Bertz CT molecular complexity index is 2510. The van der Waals surface area contributed by atoms with Crippen molar-refractivity contribution in [1.29, 1.82) is 0 Å². The van der Waals surface area contributed by atoms with E-state index in [4.69, 9.17) is 37.0 Å². The number of carbonyl (C=O) groups excluding carboxylic acids is 4. The summed E-state index contributed by atoms with van der Waals surface area (Å²) in [4.78, 5) is 72.9. The number of phosphoric acid groups is 2. The fourth-order valence-corrected chi connectivity index (χ4v) is 11.6. The van der Waals surface area contributed by atoms with E-state index in [1.54, 1.807) is 12.2 Å².